The van der Waals surface area contributed by atoms with Crippen LogP contribution in [0.2, 0.25) is 0 Å². The van der Waals surface area contributed by atoms with Crippen molar-refractivity contribution in [2.24, 2.45) is 0 Å². The van der Waals surface area contributed by atoms with E-state index < -0.39 is 5.97 Å². The highest BCUT2D eigenvalue weighted by atomic mass is 16.5. The molecule has 2 aromatic carbocycles. The quantitative estimate of drug-likeness (QED) is 0.520. The topological polar surface area (TPSA) is 92.4 Å². The molecule has 0 saturated heterocycles. The van der Waals surface area contributed by atoms with Crippen LogP contribution in [0.25, 0.3) is 11.3 Å². The van der Waals surface area contributed by atoms with Crippen LogP contribution in [0.3, 0.4) is 0 Å². The van der Waals surface area contributed by atoms with Crippen LogP contribution >= 0.6 is 0 Å². The van der Waals surface area contributed by atoms with Gasteiger partial charge in [0.15, 0.2) is 0 Å². The van der Waals surface area contributed by atoms with Gasteiger partial charge in [0.25, 0.3) is 0 Å². The van der Waals surface area contributed by atoms with Crippen LogP contribution in [-0.4, -0.2) is 29.8 Å². The molecule has 0 unspecified atom stereocenters. The second-order valence-electron chi connectivity index (χ2n) is 6.68. The van der Waals surface area contributed by atoms with Gasteiger partial charge in [-0.3, -0.25) is 4.98 Å². The molecular formula is C24H22N2O4. The Morgan fingerprint density at radius 1 is 1.13 bits per heavy atom. The van der Waals surface area contributed by atoms with E-state index in [0.717, 1.165) is 25.0 Å². The number of rotatable bonds is 9. The molecule has 152 valence electrons. The number of nitriles is 1. The second-order valence-corrected chi connectivity index (χ2v) is 6.68. The Balaban J connectivity index is 1.59. The number of methoxy groups -OCH3 is 1. The van der Waals surface area contributed by atoms with E-state index >= 15 is 0 Å². The van der Waals surface area contributed by atoms with E-state index in [0.29, 0.717) is 29.2 Å². The number of pyridine rings is 1. The van der Waals surface area contributed by atoms with Crippen molar-refractivity contribution in [3.63, 3.8) is 0 Å². The van der Waals surface area contributed by atoms with Crippen molar-refractivity contribution in [1.82, 2.24) is 4.98 Å². The average molecular weight is 402 g/mol. The monoisotopic (exact) mass is 402 g/mol. The van der Waals surface area contributed by atoms with Crippen LogP contribution in [0.1, 0.15) is 34.3 Å². The highest BCUT2D eigenvalue weighted by Gasteiger charge is 2.14. The van der Waals surface area contributed by atoms with Crippen molar-refractivity contribution in [2.75, 3.05) is 13.7 Å². The Kier molecular flexibility index (Phi) is 7.01. The van der Waals surface area contributed by atoms with Gasteiger partial charge in [-0.1, -0.05) is 12.1 Å². The lowest BCUT2D eigenvalue weighted by Gasteiger charge is -2.10. The third-order valence-corrected chi connectivity index (χ3v) is 4.69. The number of aromatic nitrogens is 1. The zero-order valence-electron chi connectivity index (χ0n) is 16.7. The van der Waals surface area contributed by atoms with Crippen LogP contribution in [0.5, 0.6) is 11.5 Å². The maximum Gasteiger partial charge on any atom is 0.337 e. The zero-order chi connectivity index (χ0) is 21.3. The molecule has 0 bridgehead atoms. The fourth-order valence-electron chi connectivity index (χ4n) is 3.10. The molecule has 0 spiro atoms. The SMILES string of the molecule is COc1ccc(CCCCOc2ccc(-c3ncccc3C(=O)O)cc2C#N)cc1. The van der Waals surface area contributed by atoms with Gasteiger partial charge in [-0.2, -0.15) is 5.26 Å². The average Bonchev–Trinajstić information content (AvgIpc) is 2.79. The maximum absolute atomic E-state index is 11.4. The minimum atomic E-state index is -1.06. The highest BCUT2D eigenvalue weighted by molar-refractivity contribution is 5.94. The first-order valence-corrected chi connectivity index (χ1v) is 9.61. The Morgan fingerprint density at radius 3 is 2.63 bits per heavy atom. The van der Waals surface area contributed by atoms with Gasteiger partial charge in [0, 0.05) is 11.8 Å². The number of hydrogen-bond acceptors (Lipinski definition) is 5. The largest absolute Gasteiger partial charge is 0.497 e. The van der Waals surface area contributed by atoms with E-state index in [2.05, 4.69) is 23.2 Å². The molecule has 0 aliphatic rings. The number of hydrogen-bond donors (Lipinski definition) is 1. The van der Waals surface area contributed by atoms with Crippen LogP contribution in [-0.2, 0) is 6.42 Å². The van der Waals surface area contributed by atoms with Gasteiger partial charge >= 0.3 is 5.97 Å². The molecule has 0 radical (unpaired) electrons. The molecule has 30 heavy (non-hydrogen) atoms. The fraction of sp³-hybridized carbons (Fsp3) is 0.208. The normalized spacial score (nSPS) is 10.3. The summed E-state index contributed by atoms with van der Waals surface area (Å²) in [7, 11) is 1.65. The van der Waals surface area contributed by atoms with Gasteiger partial charge in [0.1, 0.15) is 17.6 Å². The summed E-state index contributed by atoms with van der Waals surface area (Å²) in [6, 6.07) is 18.2. The molecule has 0 aliphatic heterocycles. The maximum atomic E-state index is 11.4. The number of carbonyl (C=O) groups is 1. The van der Waals surface area contributed by atoms with Crippen LogP contribution in [0.4, 0.5) is 0 Å². The van der Waals surface area contributed by atoms with Gasteiger partial charge < -0.3 is 14.6 Å². The first-order valence-electron chi connectivity index (χ1n) is 9.61. The summed E-state index contributed by atoms with van der Waals surface area (Å²) in [6.45, 7) is 0.494. The molecule has 3 rings (SSSR count). The van der Waals surface area contributed by atoms with Crippen LogP contribution < -0.4 is 9.47 Å². The number of benzene rings is 2. The standard InChI is InChI=1S/C24H22N2O4/c1-29-20-10-7-17(8-11-20)5-2-3-14-30-22-12-9-18(15-19(22)16-25)23-21(24(27)28)6-4-13-26-23/h4,6-13,15H,2-3,5,14H2,1H3,(H,27,28). The van der Waals surface area contributed by atoms with E-state index in [-0.39, 0.29) is 5.56 Å². The molecule has 0 fully saturated rings. The predicted octanol–water partition coefficient (Wildman–Crippen LogP) is 4.73. The summed E-state index contributed by atoms with van der Waals surface area (Å²) in [6.07, 6.45) is 4.28. The summed E-state index contributed by atoms with van der Waals surface area (Å²) in [5, 5.41) is 18.8. The van der Waals surface area contributed by atoms with E-state index in [1.165, 1.54) is 17.8 Å². The molecule has 1 N–H and O–H groups in total. The number of carboxylic acids is 1. The number of carboxylic acid groups (broad SMARTS) is 1. The lowest BCUT2D eigenvalue weighted by molar-refractivity contribution is 0.0697. The highest BCUT2D eigenvalue weighted by Crippen LogP contribution is 2.27. The zero-order valence-corrected chi connectivity index (χ0v) is 16.7. The van der Waals surface area contributed by atoms with Crippen molar-refractivity contribution in [1.29, 1.82) is 5.26 Å². The summed E-state index contributed by atoms with van der Waals surface area (Å²) >= 11 is 0. The lowest BCUT2D eigenvalue weighted by Crippen LogP contribution is -2.02. The summed E-state index contributed by atoms with van der Waals surface area (Å²) in [5.74, 6) is 0.267. The van der Waals surface area contributed by atoms with Crippen molar-refractivity contribution in [3.05, 3.63) is 77.5 Å². The van der Waals surface area contributed by atoms with Crippen molar-refractivity contribution in [3.8, 4) is 28.8 Å². The molecule has 6 nitrogen and oxygen atoms in total. The van der Waals surface area contributed by atoms with Gasteiger partial charge in [-0.25, -0.2) is 4.79 Å². The number of unbranched alkanes of at least 4 members (excludes halogenated alkanes) is 1. The minimum absolute atomic E-state index is 0.0913. The summed E-state index contributed by atoms with van der Waals surface area (Å²) in [5.41, 5.74) is 2.57. The predicted molar refractivity (Wildman–Crippen MR) is 113 cm³/mol. The number of nitrogens with zero attached hydrogens (tertiary/aromatic N) is 2. The fourth-order valence-corrected chi connectivity index (χ4v) is 3.10. The van der Waals surface area contributed by atoms with E-state index in [1.54, 1.807) is 31.4 Å². The number of ether oxygens (including phenoxy) is 2. The molecule has 1 aromatic heterocycles. The third-order valence-electron chi connectivity index (χ3n) is 4.69. The first kappa shape index (κ1) is 20.9. The summed E-state index contributed by atoms with van der Waals surface area (Å²) < 4.78 is 11.0. The Labute approximate surface area is 175 Å². The van der Waals surface area contributed by atoms with Crippen molar-refractivity contribution in [2.45, 2.75) is 19.3 Å². The molecule has 0 aliphatic carbocycles. The molecule has 3 aromatic rings. The molecule has 0 atom stereocenters. The van der Waals surface area contributed by atoms with E-state index in [1.807, 2.05) is 12.1 Å². The molecular weight excluding hydrogens is 380 g/mol. The summed E-state index contributed by atoms with van der Waals surface area (Å²) in [4.78, 5) is 15.6. The Bertz CT molecular complexity index is 1060. The van der Waals surface area contributed by atoms with Crippen molar-refractivity contribution >= 4 is 5.97 Å². The van der Waals surface area contributed by atoms with Gasteiger partial charge in [0.2, 0.25) is 0 Å². The Hall–Kier alpha value is -3.85. The van der Waals surface area contributed by atoms with Crippen LogP contribution in [0.15, 0.2) is 60.8 Å². The molecule has 6 heteroatoms. The molecule has 1 heterocycles. The third kappa shape index (κ3) is 5.15. The molecule has 0 amide bonds. The Morgan fingerprint density at radius 2 is 1.93 bits per heavy atom. The van der Waals surface area contributed by atoms with Crippen molar-refractivity contribution < 1.29 is 19.4 Å². The minimum Gasteiger partial charge on any atom is -0.497 e. The molecule has 0 saturated carbocycles. The smallest absolute Gasteiger partial charge is 0.337 e. The van der Waals surface area contributed by atoms with Crippen LogP contribution in [0, 0.1) is 11.3 Å². The first-order chi connectivity index (χ1) is 14.6. The van der Waals surface area contributed by atoms with Gasteiger partial charge in [-0.05, 0) is 67.3 Å². The number of aryl methyl sites for hydroxylation is 1. The van der Waals surface area contributed by atoms with Gasteiger partial charge in [-0.15, -0.1) is 0 Å². The van der Waals surface area contributed by atoms with Gasteiger partial charge in [0.05, 0.1) is 30.5 Å². The lowest BCUT2D eigenvalue weighted by atomic mass is 10.0. The number of aromatic carboxylic acids is 1. The van der Waals surface area contributed by atoms with E-state index in [4.69, 9.17) is 9.47 Å². The van der Waals surface area contributed by atoms with E-state index in [9.17, 15) is 15.2 Å². The second kappa shape index (κ2) is 10.1.